The summed E-state index contributed by atoms with van der Waals surface area (Å²) < 4.78 is 42.9. The summed E-state index contributed by atoms with van der Waals surface area (Å²) in [5.41, 5.74) is 0.419. The van der Waals surface area contributed by atoms with Gasteiger partial charge < -0.3 is 15.4 Å². The first-order valence-corrected chi connectivity index (χ1v) is 8.11. The molecule has 27 heavy (non-hydrogen) atoms. The van der Waals surface area contributed by atoms with Crippen LogP contribution in [0.1, 0.15) is 5.56 Å². The van der Waals surface area contributed by atoms with Gasteiger partial charge in [0, 0.05) is 17.6 Å². The zero-order valence-electron chi connectivity index (χ0n) is 14.0. The second-order valence-electron chi connectivity index (χ2n) is 5.44. The fourth-order valence-corrected chi connectivity index (χ4v) is 2.51. The number of halogens is 4. The average Bonchev–Trinajstić information content (AvgIpc) is 2.62. The summed E-state index contributed by atoms with van der Waals surface area (Å²) in [5, 5.41) is 6.37. The number of nitrogens with zero attached hydrogens (tertiary/aromatic N) is 2. The van der Waals surface area contributed by atoms with Crippen molar-refractivity contribution in [3.63, 3.8) is 0 Å². The molecule has 5 nitrogen and oxygen atoms in total. The molecule has 3 rings (SSSR count). The molecular weight excluding hydrogens is 381 g/mol. The molecule has 140 valence electrons. The molecule has 0 bridgehead atoms. The number of alkyl halides is 3. The number of methoxy groups -OCH3 is 1. The van der Waals surface area contributed by atoms with Gasteiger partial charge in [0.1, 0.15) is 11.6 Å². The summed E-state index contributed by atoms with van der Waals surface area (Å²) in [7, 11) is 1.52. The molecule has 0 aliphatic heterocycles. The Balaban J connectivity index is 1.73. The SMILES string of the molecule is COc1ccc(Nc2nccc(Nc3ccc(C(F)(F)F)cc3)n2)cc1Cl. The third kappa shape index (κ3) is 4.79. The van der Waals surface area contributed by atoms with Gasteiger partial charge in [0.15, 0.2) is 0 Å². The molecule has 2 aromatic carbocycles. The molecule has 0 aliphatic carbocycles. The maximum atomic E-state index is 12.6. The van der Waals surface area contributed by atoms with Crippen LogP contribution < -0.4 is 15.4 Å². The van der Waals surface area contributed by atoms with E-state index in [-0.39, 0.29) is 0 Å². The van der Waals surface area contributed by atoms with Crippen LogP contribution in [-0.4, -0.2) is 17.1 Å². The minimum atomic E-state index is -4.37. The monoisotopic (exact) mass is 394 g/mol. The van der Waals surface area contributed by atoms with Crippen LogP contribution in [0.5, 0.6) is 5.75 Å². The molecule has 0 saturated carbocycles. The standard InChI is InChI=1S/C18H14ClF3N4O/c1-27-15-7-6-13(10-14(15)19)25-17-23-9-8-16(26-17)24-12-4-2-11(3-5-12)18(20,21)22/h2-10H,1H3,(H2,23,24,25,26). The number of hydrogen-bond acceptors (Lipinski definition) is 5. The van der Waals surface area contributed by atoms with Gasteiger partial charge in [-0.1, -0.05) is 11.6 Å². The van der Waals surface area contributed by atoms with Crippen molar-refractivity contribution in [3.8, 4) is 5.75 Å². The molecule has 0 unspecified atom stereocenters. The number of anilines is 4. The number of ether oxygens (including phenoxy) is 1. The van der Waals surface area contributed by atoms with Gasteiger partial charge in [0.25, 0.3) is 0 Å². The third-order valence-electron chi connectivity index (χ3n) is 3.55. The van der Waals surface area contributed by atoms with E-state index in [0.717, 1.165) is 12.1 Å². The number of nitrogens with one attached hydrogen (secondary N) is 2. The summed E-state index contributed by atoms with van der Waals surface area (Å²) in [4.78, 5) is 8.39. The number of rotatable bonds is 5. The predicted molar refractivity (Wildman–Crippen MR) is 98.0 cm³/mol. The van der Waals surface area contributed by atoms with Crippen LogP contribution in [0.25, 0.3) is 0 Å². The van der Waals surface area contributed by atoms with Crippen molar-refractivity contribution in [2.24, 2.45) is 0 Å². The molecule has 0 amide bonds. The Labute approximate surface area is 158 Å². The van der Waals surface area contributed by atoms with Crippen molar-refractivity contribution in [1.29, 1.82) is 0 Å². The lowest BCUT2D eigenvalue weighted by Gasteiger charge is -2.11. The van der Waals surface area contributed by atoms with E-state index in [4.69, 9.17) is 16.3 Å². The van der Waals surface area contributed by atoms with Crippen molar-refractivity contribution in [2.45, 2.75) is 6.18 Å². The van der Waals surface area contributed by atoms with Gasteiger partial charge in [-0.05, 0) is 48.5 Å². The van der Waals surface area contributed by atoms with Crippen molar-refractivity contribution in [2.75, 3.05) is 17.7 Å². The van der Waals surface area contributed by atoms with Gasteiger partial charge >= 0.3 is 6.18 Å². The second kappa shape index (κ2) is 7.71. The lowest BCUT2D eigenvalue weighted by molar-refractivity contribution is -0.137. The quantitative estimate of drug-likeness (QED) is 0.586. The topological polar surface area (TPSA) is 59.1 Å². The highest BCUT2D eigenvalue weighted by molar-refractivity contribution is 6.32. The first-order valence-electron chi connectivity index (χ1n) is 7.73. The summed E-state index contributed by atoms with van der Waals surface area (Å²) in [5.74, 6) is 1.26. The zero-order valence-corrected chi connectivity index (χ0v) is 14.8. The minimum absolute atomic E-state index is 0.299. The highest BCUT2D eigenvalue weighted by atomic mass is 35.5. The van der Waals surface area contributed by atoms with E-state index < -0.39 is 11.7 Å². The Morgan fingerprint density at radius 3 is 2.30 bits per heavy atom. The number of benzene rings is 2. The van der Waals surface area contributed by atoms with E-state index in [0.29, 0.717) is 33.9 Å². The van der Waals surface area contributed by atoms with Gasteiger partial charge in [0.05, 0.1) is 17.7 Å². The van der Waals surface area contributed by atoms with E-state index in [1.165, 1.54) is 25.4 Å². The lowest BCUT2D eigenvalue weighted by atomic mass is 10.2. The smallest absolute Gasteiger partial charge is 0.416 e. The largest absolute Gasteiger partial charge is 0.495 e. The highest BCUT2D eigenvalue weighted by Crippen LogP contribution is 2.31. The Kier molecular flexibility index (Phi) is 5.36. The van der Waals surface area contributed by atoms with Crippen LogP contribution in [0.3, 0.4) is 0 Å². The molecule has 0 saturated heterocycles. The average molecular weight is 395 g/mol. The van der Waals surface area contributed by atoms with Crippen LogP contribution in [0.4, 0.5) is 36.3 Å². The Hall–Kier alpha value is -3.00. The van der Waals surface area contributed by atoms with E-state index in [2.05, 4.69) is 20.6 Å². The first-order chi connectivity index (χ1) is 12.8. The maximum absolute atomic E-state index is 12.6. The van der Waals surface area contributed by atoms with Gasteiger partial charge in [-0.25, -0.2) is 4.98 Å². The molecule has 0 atom stereocenters. The second-order valence-corrected chi connectivity index (χ2v) is 5.85. The Morgan fingerprint density at radius 2 is 1.67 bits per heavy atom. The molecule has 2 N–H and O–H groups in total. The predicted octanol–water partition coefficient (Wildman–Crippen LogP) is 5.64. The summed E-state index contributed by atoms with van der Waals surface area (Å²) in [6.45, 7) is 0. The highest BCUT2D eigenvalue weighted by Gasteiger charge is 2.29. The van der Waals surface area contributed by atoms with Gasteiger partial charge in [-0.2, -0.15) is 18.2 Å². The molecule has 1 heterocycles. The van der Waals surface area contributed by atoms with E-state index in [1.54, 1.807) is 24.3 Å². The third-order valence-corrected chi connectivity index (χ3v) is 3.84. The molecule has 9 heteroatoms. The van der Waals surface area contributed by atoms with Crippen molar-refractivity contribution in [1.82, 2.24) is 9.97 Å². The Morgan fingerprint density at radius 1 is 0.963 bits per heavy atom. The van der Waals surface area contributed by atoms with Crippen LogP contribution >= 0.6 is 11.6 Å². The molecule has 0 radical (unpaired) electrons. The van der Waals surface area contributed by atoms with Crippen LogP contribution in [0.15, 0.2) is 54.7 Å². The van der Waals surface area contributed by atoms with Crippen LogP contribution in [-0.2, 0) is 6.18 Å². The van der Waals surface area contributed by atoms with Gasteiger partial charge in [-0.15, -0.1) is 0 Å². The van der Waals surface area contributed by atoms with E-state index in [1.807, 2.05) is 0 Å². The van der Waals surface area contributed by atoms with Crippen molar-refractivity contribution >= 4 is 34.7 Å². The van der Waals surface area contributed by atoms with Crippen LogP contribution in [0.2, 0.25) is 5.02 Å². The van der Waals surface area contributed by atoms with Gasteiger partial charge in [-0.3, -0.25) is 0 Å². The number of aromatic nitrogens is 2. The molecule has 1 aromatic heterocycles. The summed E-state index contributed by atoms with van der Waals surface area (Å²) in [6, 6.07) is 11.4. The van der Waals surface area contributed by atoms with Crippen molar-refractivity contribution < 1.29 is 17.9 Å². The zero-order chi connectivity index (χ0) is 19.4. The normalized spacial score (nSPS) is 11.1. The lowest BCUT2D eigenvalue weighted by Crippen LogP contribution is -2.05. The fourth-order valence-electron chi connectivity index (χ4n) is 2.25. The molecule has 0 aliphatic rings. The molecule has 0 fully saturated rings. The molecule has 0 spiro atoms. The molecule has 3 aromatic rings. The van der Waals surface area contributed by atoms with E-state index >= 15 is 0 Å². The minimum Gasteiger partial charge on any atom is -0.495 e. The van der Waals surface area contributed by atoms with Crippen LogP contribution in [0, 0.1) is 0 Å². The molecular formula is C18H14ClF3N4O. The van der Waals surface area contributed by atoms with E-state index in [9.17, 15) is 13.2 Å². The number of hydrogen-bond donors (Lipinski definition) is 2. The maximum Gasteiger partial charge on any atom is 0.416 e. The van der Waals surface area contributed by atoms with Gasteiger partial charge in [0.2, 0.25) is 5.95 Å². The Bertz CT molecular complexity index is 933. The summed E-state index contributed by atoms with van der Waals surface area (Å²) >= 11 is 6.08. The fraction of sp³-hybridized carbons (Fsp3) is 0.111. The van der Waals surface area contributed by atoms with Crippen molar-refractivity contribution in [3.05, 3.63) is 65.3 Å². The first kappa shape index (κ1) is 18.8. The summed E-state index contributed by atoms with van der Waals surface area (Å²) in [6.07, 6.45) is -2.85.